The molecule has 2 rings (SSSR count). The lowest BCUT2D eigenvalue weighted by atomic mass is 9.88. The molecule has 2 heteroatoms. The van der Waals surface area contributed by atoms with Crippen LogP contribution in [0.1, 0.15) is 71.4 Å². The van der Waals surface area contributed by atoms with Gasteiger partial charge in [-0.25, -0.2) is 0 Å². The van der Waals surface area contributed by atoms with E-state index in [1.54, 1.807) is 24.3 Å². The Labute approximate surface area is 132 Å². The normalized spacial score (nSPS) is 11.0. The summed E-state index contributed by atoms with van der Waals surface area (Å²) in [6.07, 6.45) is 0. The highest BCUT2D eigenvalue weighted by molar-refractivity contribution is 6.49. The average Bonchev–Trinajstić information content (AvgIpc) is 2.53. The minimum atomic E-state index is -0.419. The highest BCUT2D eigenvalue weighted by Crippen LogP contribution is 2.24. The van der Waals surface area contributed by atoms with Crippen LogP contribution in [0, 0.1) is 0 Å². The van der Waals surface area contributed by atoms with Crippen LogP contribution in [-0.2, 0) is 0 Å². The molecule has 0 unspecified atom stereocenters. The number of carbonyl (C=O) groups is 2. The van der Waals surface area contributed by atoms with Crippen molar-refractivity contribution in [3.05, 3.63) is 70.8 Å². The largest absolute Gasteiger partial charge is 0.285 e. The van der Waals surface area contributed by atoms with Crippen LogP contribution in [0.15, 0.2) is 48.5 Å². The van der Waals surface area contributed by atoms with E-state index in [-0.39, 0.29) is 11.8 Å². The monoisotopic (exact) mass is 294 g/mol. The van der Waals surface area contributed by atoms with Gasteiger partial charge in [0, 0.05) is 11.1 Å². The van der Waals surface area contributed by atoms with Gasteiger partial charge < -0.3 is 0 Å². The molecule has 0 atom stereocenters. The van der Waals surface area contributed by atoms with Crippen molar-refractivity contribution in [2.45, 2.75) is 39.5 Å². The lowest BCUT2D eigenvalue weighted by Gasteiger charge is -2.14. The van der Waals surface area contributed by atoms with E-state index >= 15 is 0 Å². The first-order valence-electron chi connectivity index (χ1n) is 7.70. The summed E-state index contributed by atoms with van der Waals surface area (Å²) in [5.41, 5.74) is 2.87. The lowest BCUT2D eigenvalue weighted by Crippen LogP contribution is -2.18. The second kappa shape index (κ2) is 6.69. The molecule has 0 aromatic heterocycles. The molecule has 0 spiro atoms. The maximum absolute atomic E-state index is 12.7. The van der Waals surface area contributed by atoms with Crippen LogP contribution in [0.4, 0.5) is 0 Å². The minimum absolute atomic E-state index is 0.202. The SMILES string of the molecule is CC(C)c1ccccc1C(=O)C(=O)c1ccccc1C(C)C. The minimum Gasteiger partial charge on any atom is -0.285 e. The van der Waals surface area contributed by atoms with Crippen molar-refractivity contribution in [1.82, 2.24) is 0 Å². The molecule has 0 radical (unpaired) electrons. The highest BCUT2D eigenvalue weighted by Gasteiger charge is 2.24. The third-order valence-corrected chi connectivity index (χ3v) is 3.86. The van der Waals surface area contributed by atoms with Crippen molar-refractivity contribution in [2.24, 2.45) is 0 Å². The first-order valence-corrected chi connectivity index (χ1v) is 7.70. The van der Waals surface area contributed by atoms with E-state index < -0.39 is 11.6 Å². The van der Waals surface area contributed by atoms with Gasteiger partial charge in [0.25, 0.3) is 0 Å². The number of benzene rings is 2. The molecule has 2 aromatic carbocycles. The topological polar surface area (TPSA) is 34.1 Å². The fraction of sp³-hybridized carbons (Fsp3) is 0.300. The van der Waals surface area contributed by atoms with Gasteiger partial charge in [-0.05, 0) is 23.0 Å². The third-order valence-electron chi connectivity index (χ3n) is 3.86. The number of carbonyl (C=O) groups excluding carboxylic acids is 2. The summed E-state index contributed by atoms with van der Waals surface area (Å²) in [6.45, 7) is 8.11. The van der Waals surface area contributed by atoms with Gasteiger partial charge >= 0.3 is 0 Å². The molecular formula is C20H22O2. The Kier molecular flexibility index (Phi) is 4.92. The maximum atomic E-state index is 12.7. The van der Waals surface area contributed by atoms with Crippen molar-refractivity contribution in [1.29, 1.82) is 0 Å². The fourth-order valence-corrected chi connectivity index (χ4v) is 2.66. The predicted molar refractivity (Wildman–Crippen MR) is 89.7 cm³/mol. The summed E-state index contributed by atoms with van der Waals surface area (Å²) in [7, 11) is 0. The van der Waals surface area contributed by atoms with Crippen LogP contribution in [0.25, 0.3) is 0 Å². The van der Waals surface area contributed by atoms with Crippen LogP contribution in [0.5, 0.6) is 0 Å². The summed E-state index contributed by atoms with van der Waals surface area (Å²) in [5.74, 6) is -0.434. The standard InChI is InChI=1S/C20H22O2/c1-13(2)15-9-5-7-11-17(15)19(21)20(22)18-12-8-6-10-16(18)14(3)4/h5-14H,1-4H3. The number of hydrogen-bond donors (Lipinski definition) is 0. The number of rotatable bonds is 5. The van der Waals surface area contributed by atoms with E-state index in [2.05, 4.69) is 0 Å². The summed E-state index contributed by atoms with van der Waals surface area (Å²) < 4.78 is 0. The summed E-state index contributed by atoms with van der Waals surface area (Å²) in [4.78, 5) is 25.4. The Morgan fingerprint density at radius 1 is 0.636 bits per heavy atom. The van der Waals surface area contributed by atoms with Gasteiger partial charge in [0.15, 0.2) is 0 Å². The van der Waals surface area contributed by atoms with Crippen molar-refractivity contribution in [3.63, 3.8) is 0 Å². The molecule has 2 nitrogen and oxygen atoms in total. The van der Waals surface area contributed by atoms with Crippen LogP contribution in [0.3, 0.4) is 0 Å². The van der Waals surface area contributed by atoms with Gasteiger partial charge in [-0.3, -0.25) is 9.59 Å². The second-order valence-corrected chi connectivity index (χ2v) is 6.14. The zero-order valence-electron chi connectivity index (χ0n) is 13.6. The molecule has 0 bridgehead atoms. The van der Waals surface area contributed by atoms with Gasteiger partial charge in [0.1, 0.15) is 0 Å². The zero-order chi connectivity index (χ0) is 16.3. The first-order chi connectivity index (χ1) is 10.4. The van der Waals surface area contributed by atoms with Gasteiger partial charge in [0.2, 0.25) is 11.6 Å². The van der Waals surface area contributed by atoms with E-state index in [9.17, 15) is 9.59 Å². The molecule has 0 fully saturated rings. The number of ketones is 2. The third kappa shape index (κ3) is 3.16. The Morgan fingerprint density at radius 2 is 0.955 bits per heavy atom. The van der Waals surface area contributed by atoms with Crippen molar-refractivity contribution < 1.29 is 9.59 Å². The maximum Gasteiger partial charge on any atom is 0.233 e. The molecule has 0 saturated heterocycles. The van der Waals surface area contributed by atoms with Crippen LogP contribution >= 0.6 is 0 Å². The Balaban J connectivity index is 2.45. The van der Waals surface area contributed by atoms with Gasteiger partial charge in [0.05, 0.1) is 0 Å². The molecule has 22 heavy (non-hydrogen) atoms. The van der Waals surface area contributed by atoms with Gasteiger partial charge in [-0.15, -0.1) is 0 Å². The summed E-state index contributed by atoms with van der Waals surface area (Å²) >= 11 is 0. The molecule has 0 heterocycles. The average molecular weight is 294 g/mol. The summed E-state index contributed by atoms with van der Waals surface area (Å²) in [6, 6.07) is 14.7. The molecular weight excluding hydrogens is 272 g/mol. The van der Waals surface area contributed by atoms with E-state index in [0.29, 0.717) is 11.1 Å². The van der Waals surface area contributed by atoms with Crippen molar-refractivity contribution in [3.8, 4) is 0 Å². The van der Waals surface area contributed by atoms with E-state index in [4.69, 9.17) is 0 Å². The number of hydrogen-bond acceptors (Lipinski definition) is 2. The second-order valence-electron chi connectivity index (χ2n) is 6.14. The lowest BCUT2D eigenvalue weighted by molar-refractivity contribution is 0.0815. The van der Waals surface area contributed by atoms with Gasteiger partial charge in [-0.1, -0.05) is 76.2 Å². The molecule has 0 amide bonds. The Hall–Kier alpha value is -2.22. The number of Topliss-reactive ketones (excluding diaryl/α,β-unsaturated/α-hetero) is 2. The smallest absolute Gasteiger partial charge is 0.233 e. The molecule has 0 saturated carbocycles. The van der Waals surface area contributed by atoms with Crippen molar-refractivity contribution >= 4 is 11.6 Å². The Morgan fingerprint density at radius 3 is 1.27 bits per heavy atom. The molecule has 0 N–H and O–H groups in total. The predicted octanol–water partition coefficient (Wildman–Crippen LogP) is 5.00. The first kappa shape index (κ1) is 16.2. The highest BCUT2D eigenvalue weighted by atomic mass is 16.2. The Bertz CT molecular complexity index is 635. The van der Waals surface area contributed by atoms with Crippen molar-refractivity contribution in [2.75, 3.05) is 0 Å². The van der Waals surface area contributed by atoms with E-state index in [1.165, 1.54) is 0 Å². The zero-order valence-corrected chi connectivity index (χ0v) is 13.6. The van der Waals surface area contributed by atoms with Gasteiger partial charge in [-0.2, -0.15) is 0 Å². The molecule has 0 aliphatic heterocycles. The van der Waals surface area contributed by atoms with Crippen LogP contribution in [0.2, 0.25) is 0 Å². The molecule has 2 aromatic rings. The molecule has 0 aliphatic carbocycles. The molecule has 0 aliphatic rings. The summed E-state index contributed by atoms with van der Waals surface area (Å²) in [5, 5.41) is 0. The van der Waals surface area contributed by atoms with E-state index in [0.717, 1.165) is 11.1 Å². The van der Waals surface area contributed by atoms with Crippen LogP contribution in [-0.4, -0.2) is 11.6 Å². The molecule has 114 valence electrons. The quantitative estimate of drug-likeness (QED) is 0.574. The van der Waals surface area contributed by atoms with Crippen LogP contribution < -0.4 is 0 Å². The van der Waals surface area contributed by atoms with E-state index in [1.807, 2.05) is 52.0 Å². The fourth-order valence-electron chi connectivity index (χ4n) is 2.66.